The number of hydrogen-bond acceptors (Lipinski definition) is 5. The summed E-state index contributed by atoms with van der Waals surface area (Å²) in [7, 11) is 0. The minimum Gasteiger partial charge on any atom is -0.493 e. The molecule has 1 atom stereocenters. The van der Waals surface area contributed by atoms with Crippen molar-refractivity contribution < 1.29 is 9.53 Å². The van der Waals surface area contributed by atoms with Crippen molar-refractivity contribution in [1.82, 2.24) is 20.3 Å². The van der Waals surface area contributed by atoms with E-state index in [-0.39, 0.29) is 24.2 Å². The molecule has 1 unspecified atom stereocenters. The van der Waals surface area contributed by atoms with Crippen molar-refractivity contribution in [2.75, 3.05) is 13.2 Å². The predicted octanol–water partition coefficient (Wildman–Crippen LogP) is 2.12. The highest BCUT2D eigenvalue weighted by Gasteiger charge is 2.23. The van der Waals surface area contributed by atoms with Crippen molar-refractivity contribution in [3.05, 3.63) is 41.7 Å². The van der Waals surface area contributed by atoms with E-state index in [0.29, 0.717) is 30.9 Å². The van der Waals surface area contributed by atoms with Crippen LogP contribution in [0, 0.1) is 5.92 Å². The van der Waals surface area contributed by atoms with Gasteiger partial charge in [-0.25, -0.2) is 4.68 Å². The molecule has 7 nitrogen and oxygen atoms in total. The summed E-state index contributed by atoms with van der Waals surface area (Å²) in [5.74, 6) is 1.04. The van der Waals surface area contributed by atoms with E-state index < -0.39 is 0 Å². The number of nitrogens with zero attached hydrogens (tertiary/aromatic N) is 3. The Hall–Kier alpha value is -2.12. The van der Waals surface area contributed by atoms with Crippen molar-refractivity contribution >= 4 is 18.3 Å². The summed E-state index contributed by atoms with van der Waals surface area (Å²) in [5.41, 5.74) is 7.52. The van der Waals surface area contributed by atoms with Crippen molar-refractivity contribution in [3.8, 4) is 5.75 Å². The second-order valence-corrected chi connectivity index (χ2v) is 7.35. The van der Waals surface area contributed by atoms with Gasteiger partial charge in [-0.1, -0.05) is 23.4 Å². The van der Waals surface area contributed by atoms with Gasteiger partial charge in [0.1, 0.15) is 5.75 Å². The molecule has 4 rings (SSSR count). The molecule has 1 amide bonds. The van der Waals surface area contributed by atoms with Crippen LogP contribution in [0.2, 0.25) is 0 Å². The second-order valence-electron chi connectivity index (χ2n) is 7.35. The fraction of sp³-hybridized carbons (Fsp3) is 0.526. The summed E-state index contributed by atoms with van der Waals surface area (Å²) >= 11 is 0. The van der Waals surface area contributed by atoms with Crippen LogP contribution in [0.5, 0.6) is 5.75 Å². The Morgan fingerprint density at radius 3 is 2.85 bits per heavy atom. The third kappa shape index (κ3) is 4.59. The first-order valence-electron chi connectivity index (χ1n) is 9.35. The molecule has 146 valence electrons. The SMILES string of the molecule is Cl.NC1CCC(n2cc(C(=O)NCC3COc4ccccc4C3)nn2)CC1. The lowest BCUT2D eigenvalue weighted by Crippen LogP contribution is -2.35. The maximum Gasteiger partial charge on any atom is 0.273 e. The number of fused-ring (bicyclic) bond motifs is 1. The smallest absolute Gasteiger partial charge is 0.273 e. The first-order chi connectivity index (χ1) is 12.7. The van der Waals surface area contributed by atoms with E-state index in [1.165, 1.54) is 5.56 Å². The fourth-order valence-corrected chi connectivity index (χ4v) is 3.77. The highest BCUT2D eigenvalue weighted by Crippen LogP contribution is 2.27. The van der Waals surface area contributed by atoms with Crippen LogP contribution in [-0.4, -0.2) is 40.1 Å². The van der Waals surface area contributed by atoms with Crippen LogP contribution in [0.25, 0.3) is 0 Å². The van der Waals surface area contributed by atoms with E-state index in [4.69, 9.17) is 10.5 Å². The Balaban J connectivity index is 0.00000210. The lowest BCUT2D eigenvalue weighted by Gasteiger charge is -2.25. The summed E-state index contributed by atoms with van der Waals surface area (Å²) in [6.45, 7) is 1.19. The van der Waals surface area contributed by atoms with Crippen LogP contribution < -0.4 is 15.8 Å². The molecule has 2 aliphatic rings. The van der Waals surface area contributed by atoms with Gasteiger partial charge in [0.15, 0.2) is 5.69 Å². The lowest BCUT2D eigenvalue weighted by molar-refractivity contribution is 0.0934. The number of aromatic nitrogens is 3. The molecule has 3 N–H and O–H groups in total. The van der Waals surface area contributed by atoms with Crippen LogP contribution in [0.1, 0.15) is 47.8 Å². The number of ether oxygens (including phenoxy) is 1. The molecule has 1 aromatic heterocycles. The van der Waals surface area contributed by atoms with Crippen LogP contribution in [0.15, 0.2) is 30.5 Å². The summed E-state index contributed by atoms with van der Waals surface area (Å²) < 4.78 is 7.59. The zero-order chi connectivity index (χ0) is 17.9. The number of rotatable bonds is 4. The van der Waals surface area contributed by atoms with E-state index in [1.54, 1.807) is 6.20 Å². The number of benzene rings is 1. The van der Waals surface area contributed by atoms with Gasteiger partial charge in [-0.15, -0.1) is 17.5 Å². The van der Waals surface area contributed by atoms with Gasteiger partial charge in [0.2, 0.25) is 0 Å². The van der Waals surface area contributed by atoms with E-state index in [9.17, 15) is 4.79 Å². The number of carbonyl (C=O) groups is 1. The maximum absolute atomic E-state index is 12.4. The summed E-state index contributed by atoms with van der Waals surface area (Å²) in [6, 6.07) is 8.64. The maximum atomic E-state index is 12.4. The second kappa shape index (κ2) is 8.71. The minimum atomic E-state index is -0.178. The van der Waals surface area contributed by atoms with Crippen molar-refractivity contribution in [3.63, 3.8) is 0 Å². The fourth-order valence-electron chi connectivity index (χ4n) is 3.77. The normalized spacial score (nSPS) is 24.3. The minimum absolute atomic E-state index is 0. The predicted molar refractivity (Wildman–Crippen MR) is 104 cm³/mol. The third-order valence-electron chi connectivity index (χ3n) is 5.37. The summed E-state index contributed by atoms with van der Waals surface area (Å²) in [6.07, 6.45) is 6.63. The van der Waals surface area contributed by atoms with Gasteiger partial charge < -0.3 is 15.8 Å². The van der Waals surface area contributed by atoms with Crippen LogP contribution in [0.4, 0.5) is 0 Å². The number of hydrogen-bond donors (Lipinski definition) is 2. The summed E-state index contributed by atoms with van der Waals surface area (Å²) in [4.78, 5) is 12.4. The highest BCUT2D eigenvalue weighted by atomic mass is 35.5. The van der Waals surface area contributed by atoms with Crippen LogP contribution in [0.3, 0.4) is 0 Å². The van der Waals surface area contributed by atoms with Crippen LogP contribution in [-0.2, 0) is 6.42 Å². The van der Waals surface area contributed by atoms with Gasteiger partial charge in [0.05, 0.1) is 18.8 Å². The Kier molecular flexibility index (Phi) is 6.34. The zero-order valence-electron chi connectivity index (χ0n) is 15.2. The van der Waals surface area contributed by atoms with Gasteiger partial charge in [0, 0.05) is 18.5 Å². The number of para-hydroxylation sites is 1. The average molecular weight is 392 g/mol. The molecular weight excluding hydrogens is 366 g/mol. The Morgan fingerprint density at radius 2 is 2.04 bits per heavy atom. The Labute approximate surface area is 165 Å². The molecule has 0 radical (unpaired) electrons. The largest absolute Gasteiger partial charge is 0.493 e. The molecule has 8 heteroatoms. The number of nitrogens with one attached hydrogen (secondary N) is 1. The Morgan fingerprint density at radius 1 is 1.26 bits per heavy atom. The van der Waals surface area contributed by atoms with E-state index in [2.05, 4.69) is 21.7 Å². The molecule has 0 saturated heterocycles. The Bertz CT molecular complexity index is 773. The molecule has 1 aromatic carbocycles. The van der Waals surface area contributed by atoms with E-state index in [1.807, 2.05) is 22.9 Å². The molecule has 27 heavy (non-hydrogen) atoms. The third-order valence-corrected chi connectivity index (χ3v) is 5.37. The number of nitrogens with two attached hydrogens (primary N) is 1. The van der Waals surface area contributed by atoms with E-state index in [0.717, 1.165) is 37.9 Å². The number of halogens is 1. The van der Waals surface area contributed by atoms with Crippen molar-refractivity contribution in [1.29, 1.82) is 0 Å². The monoisotopic (exact) mass is 391 g/mol. The highest BCUT2D eigenvalue weighted by molar-refractivity contribution is 5.91. The number of carbonyl (C=O) groups excluding carboxylic acids is 1. The number of amides is 1. The first-order valence-corrected chi connectivity index (χ1v) is 9.35. The summed E-state index contributed by atoms with van der Waals surface area (Å²) in [5, 5.41) is 11.2. The molecule has 1 aliphatic carbocycles. The molecule has 0 spiro atoms. The molecular formula is C19H26ClN5O2. The molecule has 1 aliphatic heterocycles. The van der Waals surface area contributed by atoms with Gasteiger partial charge in [-0.2, -0.15) is 0 Å². The first kappa shape index (κ1) is 19.6. The topological polar surface area (TPSA) is 95.1 Å². The van der Waals surface area contributed by atoms with Gasteiger partial charge in [0.25, 0.3) is 5.91 Å². The zero-order valence-corrected chi connectivity index (χ0v) is 16.0. The molecule has 2 aromatic rings. The molecule has 0 bridgehead atoms. The lowest BCUT2D eigenvalue weighted by atomic mass is 9.92. The van der Waals surface area contributed by atoms with Gasteiger partial charge in [-0.05, 0) is 43.7 Å². The van der Waals surface area contributed by atoms with Crippen molar-refractivity contribution in [2.24, 2.45) is 11.7 Å². The average Bonchev–Trinajstić information content (AvgIpc) is 3.17. The van der Waals surface area contributed by atoms with Gasteiger partial charge in [-0.3, -0.25) is 4.79 Å². The van der Waals surface area contributed by atoms with Crippen molar-refractivity contribution in [2.45, 2.75) is 44.2 Å². The molecule has 1 fully saturated rings. The molecule has 1 saturated carbocycles. The van der Waals surface area contributed by atoms with Crippen LogP contribution >= 0.6 is 12.4 Å². The standard InChI is InChI=1S/C19H25N5O2.ClH/c20-15-5-7-16(8-6-15)24-11-17(22-23-24)19(25)21-10-13-9-14-3-1-2-4-18(14)26-12-13;/h1-4,11,13,15-16H,5-10,12,20H2,(H,21,25);1H. The van der Waals surface area contributed by atoms with E-state index >= 15 is 0 Å². The molecule has 2 heterocycles. The quantitative estimate of drug-likeness (QED) is 0.832. The van der Waals surface area contributed by atoms with Gasteiger partial charge >= 0.3 is 0 Å².